The summed E-state index contributed by atoms with van der Waals surface area (Å²) < 4.78 is 0. The number of carboxylic acids is 1. The van der Waals surface area contributed by atoms with E-state index in [1.54, 1.807) is 27.7 Å². The molecule has 0 bridgehead atoms. The van der Waals surface area contributed by atoms with Crippen molar-refractivity contribution in [3.8, 4) is 5.75 Å². The Balaban J connectivity index is 3.14. The normalized spacial score (nSPS) is 15.9. The molecule has 0 aliphatic rings. The van der Waals surface area contributed by atoms with E-state index in [1.165, 1.54) is 52.0 Å². The van der Waals surface area contributed by atoms with E-state index in [9.17, 15) is 63.3 Å². The molecule has 1 rings (SSSR count). The molecular weight excluding hydrogens is 849 g/mol. The molecule has 0 saturated carbocycles. The van der Waals surface area contributed by atoms with Gasteiger partial charge in [0.1, 0.15) is 54.1 Å². The van der Waals surface area contributed by atoms with Gasteiger partial charge in [0.05, 0.1) is 18.6 Å². The van der Waals surface area contributed by atoms with E-state index in [0.29, 0.717) is 5.56 Å². The molecule has 0 aliphatic carbocycles. The second-order valence-corrected chi connectivity index (χ2v) is 16.0. The summed E-state index contributed by atoms with van der Waals surface area (Å²) in [5, 5.41) is 48.8. The number of aliphatic carboxylic acids is 1. The van der Waals surface area contributed by atoms with Gasteiger partial charge in [0.2, 0.25) is 53.2 Å². The van der Waals surface area contributed by atoms with Crippen LogP contribution in [-0.2, 0) is 54.4 Å². The Kier molecular flexibility index (Phi) is 22.5. The molecule has 0 heterocycles. The Morgan fingerprint density at radius 2 is 0.952 bits per heavy atom. The Bertz CT molecular complexity index is 1810. The van der Waals surface area contributed by atoms with Crippen molar-refractivity contribution in [2.45, 2.75) is 129 Å². The van der Waals surface area contributed by atoms with E-state index in [-0.39, 0.29) is 17.9 Å². The van der Waals surface area contributed by atoms with Crippen molar-refractivity contribution in [1.29, 1.82) is 0 Å². The van der Waals surface area contributed by atoms with Crippen LogP contribution in [-0.4, -0.2) is 141 Å². The lowest BCUT2D eigenvalue weighted by atomic mass is 10.0. The molecule has 15 N–H and O–H groups in total. The van der Waals surface area contributed by atoms with Gasteiger partial charge in [-0.3, -0.25) is 43.2 Å². The number of phenols is 1. The van der Waals surface area contributed by atoms with Crippen LogP contribution in [0.25, 0.3) is 0 Å². The fraction of sp³-hybridized carbons (Fsp3) is 0.590. The standard InChI is InChI=1S/C39H62N10O13S/c1-16(2)28(37(59)49-30(21(8)50)38(60)48-29(17(3)4)39(61)62)47-33(55)20(7)44-35(57)25(13-22-9-11-23(51)12-10-22)45-36(58)26(15-63)46-32(54)19(6)42-31(53)18(5)43-34(56)24(40)14-27(41)52/h9-12,16-21,24-26,28-30,50-51,63H,13-15,40H2,1-8H3,(H2,41,52)(H,42,53)(H,43,56)(H,44,57)(H,45,58)(H,46,54)(H,47,55)(H,48,60)(H,49,59)(H,61,62)/t18-,19-,20-,21+,24-,25-,26-,28-,29-,30-/m0/s1. The number of thiol groups is 1. The summed E-state index contributed by atoms with van der Waals surface area (Å²) in [6.07, 6.45) is -2.13. The average Bonchev–Trinajstić information content (AvgIpc) is 3.18. The molecule has 0 saturated heterocycles. The average molecular weight is 911 g/mol. The van der Waals surface area contributed by atoms with Crippen molar-refractivity contribution in [1.82, 2.24) is 42.5 Å². The fourth-order valence-electron chi connectivity index (χ4n) is 5.54. The summed E-state index contributed by atoms with van der Waals surface area (Å²) >= 11 is 4.16. The highest BCUT2D eigenvalue weighted by molar-refractivity contribution is 7.80. The quantitative estimate of drug-likeness (QED) is 0.0414. The maximum absolute atomic E-state index is 13.7. The van der Waals surface area contributed by atoms with Gasteiger partial charge in [-0.1, -0.05) is 39.8 Å². The van der Waals surface area contributed by atoms with E-state index >= 15 is 0 Å². The number of primary amides is 1. The number of aliphatic hydroxyl groups is 1. The lowest BCUT2D eigenvalue weighted by Gasteiger charge is -2.29. The van der Waals surface area contributed by atoms with Crippen LogP contribution in [0.2, 0.25) is 0 Å². The third kappa shape index (κ3) is 18.5. The molecule has 0 fully saturated rings. The van der Waals surface area contributed by atoms with Crippen LogP contribution in [0.5, 0.6) is 5.75 Å². The molecular formula is C39H62N10O13S. The van der Waals surface area contributed by atoms with E-state index in [0.717, 1.165) is 0 Å². The number of hydrogen-bond donors (Lipinski definition) is 14. The van der Waals surface area contributed by atoms with Crippen LogP contribution < -0.4 is 54.0 Å². The number of carboxylic acid groups (broad SMARTS) is 1. The van der Waals surface area contributed by atoms with Crippen LogP contribution in [0.1, 0.15) is 67.4 Å². The molecule has 1 aromatic carbocycles. The number of nitrogens with two attached hydrogens (primary N) is 2. The zero-order chi connectivity index (χ0) is 48.5. The van der Waals surface area contributed by atoms with Gasteiger partial charge in [0.25, 0.3) is 0 Å². The maximum atomic E-state index is 13.7. The van der Waals surface area contributed by atoms with Crippen LogP contribution in [0.3, 0.4) is 0 Å². The number of aliphatic hydroxyl groups excluding tert-OH is 1. The Hall–Kier alpha value is -6.01. The highest BCUT2D eigenvalue weighted by atomic mass is 32.1. The van der Waals surface area contributed by atoms with Gasteiger partial charge >= 0.3 is 5.97 Å². The minimum atomic E-state index is -1.60. The lowest BCUT2D eigenvalue weighted by Crippen LogP contribution is -2.62. The van der Waals surface area contributed by atoms with Crippen LogP contribution in [0.15, 0.2) is 24.3 Å². The van der Waals surface area contributed by atoms with Gasteiger partial charge in [-0.05, 0) is 57.2 Å². The third-order valence-electron chi connectivity index (χ3n) is 9.38. The summed E-state index contributed by atoms with van der Waals surface area (Å²) in [5.41, 5.74) is 11.1. The van der Waals surface area contributed by atoms with Crippen molar-refractivity contribution in [2.24, 2.45) is 23.3 Å². The van der Waals surface area contributed by atoms with Crippen molar-refractivity contribution in [3.05, 3.63) is 29.8 Å². The fourth-order valence-corrected chi connectivity index (χ4v) is 5.79. The minimum absolute atomic E-state index is 0.0827. The molecule has 9 amide bonds. The Morgan fingerprint density at radius 1 is 0.556 bits per heavy atom. The molecule has 24 heteroatoms. The second-order valence-electron chi connectivity index (χ2n) is 15.7. The number of carbonyl (C=O) groups is 10. The summed E-state index contributed by atoms with van der Waals surface area (Å²) in [5.74, 6) is -10.7. The zero-order valence-electron chi connectivity index (χ0n) is 36.4. The van der Waals surface area contributed by atoms with Crippen molar-refractivity contribution in [2.75, 3.05) is 5.75 Å². The number of carbonyl (C=O) groups excluding carboxylic acids is 9. The number of aromatic hydroxyl groups is 1. The molecule has 63 heavy (non-hydrogen) atoms. The largest absolute Gasteiger partial charge is 0.508 e. The maximum Gasteiger partial charge on any atom is 0.326 e. The first kappa shape index (κ1) is 55.0. The van der Waals surface area contributed by atoms with Crippen molar-refractivity contribution in [3.63, 3.8) is 0 Å². The highest BCUT2D eigenvalue weighted by Crippen LogP contribution is 2.13. The first-order valence-electron chi connectivity index (χ1n) is 20.0. The van der Waals surface area contributed by atoms with E-state index in [4.69, 9.17) is 11.5 Å². The van der Waals surface area contributed by atoms with Crippen LogP contribution >= 0.6 is 12.6 Å². The van der Waals surface area contributed by atoms with Crippen LogP contribution in [0.4, 0.5) is 0 Å². The molecule has 0 radical (unpaired) electrons. The highest BCUT2D eigenvalue weighted by Gasteiger charge is 2.36. The van der Waals surface area contributed by atoms with E-state index < -0.39 is 138 Å². The molecule has 0 aliphatic heterocycles. The van der Waals surface area contributed by atoms with Crippen LogP contribution in [0, 0.1) is 11.8 Å². The zero-order valence-corrected chi connectivity index (χ0v) is 37.3. The number of phenolic OH excluding ortho intramolecular Hbond substituents is 1. The predicted octanol–water partition coefficient (Wildman–Crippen LogP) is -4.22. The van der Waals surface area contributed by atoms with Crippen molar-refractivity contribution >= 4 is 71.8 Å². The topological polar surface area (TPSA) is 380 Å². The molecule has 0 aromatic heterocycles. The number of hydrogen-bond acceptors (Lipinski definition) is 14. The summed E-state index contributed by atoms with van der Waals surface area (Å²) in [7, 11) is 0. The first-order chi connectivity index (χ1) is 29.2. The van der Waals surface area contributed by atoms with Crippen molar-refractivity contribution < 1.29 is 63.3 Å². The molecule has 0 spiro atoms. The number of benzene rings is 1. The lowest BCUT2D eigenvalue weighted by molar-refractivity contribution is -0.144. The molecule has 10 atom stereocenters. The molecule has 1 aromatic rings. The molecule has 352 valence electrons. The predicted molar refractivity (Wildman–Crippen MR) is 229 cm³/mol. The number of amides is 9. The van der Waals surface area contributed by atoms with Gasteiger partial charge in [-0.25, -0.2) is 4.79 Å². The smallest absolute Gasteiger partial charge is 0.326 e. The third-order valence-corrected chi connectivity index (χ3v) is 9.74. The second kappa shape index (κ2) is 25.8. The molecule has 0 unspecified atom stereocenters. The van der Waals surface area contributed by atoms with Gasteiger partial charge in [0.15, 0.2) is 0 Å². The number of nitrogens with one attached hydrogen (secondary N) is 8. The van der Waals surface area contributed by atoms with Gasteiger partial charge in [-0.15, -0.1) is 0 Å². The molecule has 23 nitrogen and oxygen atoms in total. The summed E-state index contributed by atoms with van der Waals surface area (Å²) in [6.45, 7) is 11.4. The van der Waals surface area contributed by atoms with E-state index in [2.05, 4.69) is 55.2 Å². The van der Waals surface area contributed by atoms with E-state index in [1.807, 2.05) is 0 Å². The Labute approximate surface area is 370 Å². The van der Waals surface area contributed by atoms with Gasteiger partial charge < -0.3 is 69.3 Å². The van der Waals surface area contributed by atoms with Gasteiger partial charge in [0, 0.05) is 12.2 Å². The summed E-state index contributed by atoms with van der Waals surface area (Å²) in [6, 6.07) is -6.51. The summed E-state index contributed by atoms with van der Waals surface area (Å²) in [4.78, 5) is 128. The minimum Gasteiger partial charge on any atom is -0.508 e. The number of rotatable bonds is 25. The Morgan fingerprint density at radius 3 is 1.41 bits per heavy atom. The SMILES string of the molecule is CC(C)[C@H](NC(=O)[C@@H](NC(=O)[C@@H](NC(=O)[C@H](C)NC(=O)[C@H](Cc1ccc(O)cc1)NC(=O)[C@H](CS)NC(=O)[C@H](C)NC(=O)[C@H](C)NC(=O)[C@@H](N)CC(N)=O)C(C)C)[C@@H](C)O)C(=O)O. The first-order valence-corrected chi connectivity index (χ1v) is 20.6. The van der Waals surface area contributed by atoms with Gasteiger partial charge in [-0.2, -0.15) is 12.6 Å². The monoisotopic (exact) mass is 910 g/mol.